The molecule has 0 aliphatic carbocycles. The molecular weight excluding hydrogens is 98.1 g/mol. The topological polar surface area (TPSA) is 4.93 Å². The first-order chi connectivity index (χ1) is 3.97. The predicted octanol–water partition coefficient (Wildman–Crippen LogP) is 1.51. The highest BCUT2D eigenvalue weighted by molar-refractivity contribution is 5.36. The number of nitrogens with zero attached hydrogens (tertiary/aromatic N) is 1. The monoisotopic (exact) mass is 105 g/mol. The molecule has 1 aliphatic rings. The first-order valence-corrected chi connectivity index (χ1v) is 2.79. The van der Waals surface area contributed by atoms with Crippen LogP contribution in [0.2, 0.25) is 0 Å². The fourth-order valence-electron chi connectivity index (χ4n) is 1.03. The molecule has 0 aromatic carbocycles. The molecule has 0 spiro atoms. The zero-order valence-electron chi connectivity index (χ0n) is 4.54. The molecule has 0 saturated heterocycles. The molecular formula is C7H7N. The molecule has 1 aliphatic heterocycles. The summed E-state index contributed by atoms with van der Waals surface area (Å²) in [6.45, 7) is 0. The van der Waals surface area contributed by atoms with Gasteiger partial charge in [0.15, 0.2) is 0 Å². The average molecular weight is 105 g/mol. The van der Waals surface area contributed by atoms with Gasteiger partial charge in [-0.3, -0.25) is 0 Å². The Morgan fingerprint density at radius 3 is 3.38 bits per heavy atom. The van der Waals surface area contributed by atoms with Gasteiger partial charge in [0.25, 0.3) is 0 Å². The SMILES string of the molecule is C1=Cn2cccc2C1. The minimum Gasteiger partial charge on any atom is -0.328 e. The minimum absolute atomic E-state index is 1.10. The third-order valence-electron chi connectivity index (χ3n) is 1.46. The summed E-state index contributed by atoms with van der Waals surface area (Å²) in [7, 11) is 0. The number of hydrogen-bond acceptors (Lipinski definition) is 0. The van der Waals surface area contributed by atoms with Crippen molar-refractivity contribution in [1.82, 2.24) is 4.57 Å². The molecule has 0 radical (unpaired) electrons. The molecule has 0 unspecified atom stereocenters. The van der Waals surface area contributed by atoms with Gasteiger partial charge < -0.3 is 4.57 Å². The molecule has 1 aromatic rings. The van der Waals surface area contributed by atoms with E-state index >= 15 is 0 Å². The van der Waals surface area contributed by atoms with Crippen molar-refractivity contribution < 1.29 is 0 Å². The van der Waals surface area contributed by atoms with E-state index in [4.69, 9.17) is 0 Å². The predicted molar refractivity (Wildman–Crippen MR) is 33.5 cm³/mol. The summed E-state index contributed by atoms with van der Waals surface area (Å²) < 4.78 is 2.14. The fraction of sp³-hybridized carbons (Fsp3) is 0.143. The molecule has 0 bridgehead atoms. The van der Waals surface area contributed by atoms with Crippen molar-refractivity contribution in [3.8, 4) is 0 Å². The molecule has 0 N–H and O–H groups in total. The van der Waals surface area contributed by atoms with Gasteiger partial charge in [0.2, 0.25) is 0 Å². The van der Waals surface area contributed by atoms with Crippen molar-refractivity contribution in [2.75, 3.05) is 0 Å². The molecule has 1 heteroatoms. The van der Waals surface area contributed by atoms with Crippen LogP contribution in [-0.2, 0) is 6.42 Å². The molecule has 0 saturated carbocycles. The average Bonchev–Trinajstić information content (AvgIpc) is 2.15. The van der Waals surface area contributed by atoms with Gasteiger partial charge in [-0.2, -0.15) is 0 Å². The lowest BCUT2D eigenvalue weighted by Gasteiger charge is -1.88. The number of rotatable bonds is 0. The number of fused-ring (bicyclic) bond motifs is 1. The summed E-state index contributed by atoms with van der Waals surface area (Å²) in [6.07, 6.45) is 7.43. The minimum atomic E-state index is 1.10. The van der Waals surface area contributed by atoms with Gasteiger partial charge in [-0.25, -0.2) is 0 Å². The van der Waals surface area contributed by atoms with Gasteiger partial charge in [-0.15, -0.1) is 0 Å². The van der Waals surface area contributed by atoms with E-state index in [1.807, 2.05) is 0 Å². The Hall–Kier alpha value is -0.980. The molecule has 2 rings (SSSR count). The molecule has 8 heavy (non-hydrogen) atoms. The Labute approximate surface area is 48.2 Å². The van der Waals surface area contributed by atoms with Crippen LogP contribution in [0, 0.1) is 0 Å². The van der Waals surface area contributed by atoms with Crippen LogP contribution >= 0.6 is 0 Å². The third kappa shape index (κ3) is 0.360. The smallest absolute Gasteiger partial charge is 0.0259 e. The molecule has 40 valence electrons. The summed E-state index contributed by atoms with van der Waals surface area (Å²) in [5, 5.41) is 0. The lowest BCUT2D eigenvalue weighted by Crippen LogP contribution is -1.81. The van der Waals surface area contributed by atoms with Crippen molar-refractivity contribution in [1.29, 1.82) is 0 Å². The quantitative estimate of drug-likeness (QED) is 0.471. The van der Waals surface area contributed by atoms with Crippen LogP contribution in [0.3, 0.4) is 0 Å². The Bertz CT molecular complexity index is 220. The van der Waals surface area contributed by atoms with E-state index in [0.717, 1.165) is 6.42 Å². The van der Waals surface area contributed by atoms with Crippen LogP contribution in [0.4, 0.5) is 0 Å². The zero-order valence-corrected chi connectivity index (χ0v) is 4.54. The van der Waals surface area contributed by atoms with E-state index in [9.17, 15) is 0 Å². The van der Waals surface area contributed by atoms with Crippen LogP contribution in [0.25, 0.3) is 6.20 Å². The van der Waals surface area contributed by atoms with E-state index in [0.29, 0.717) is 0 Å². The first-order valence-electron chi connectivity index (χ1n) is 2.79. The van der Waals surface area contributed by atoms with Crippen molar-refractivity contribution in [2.45, 2.75) is 6.42 Å². The first kappa shape index (κ1) is 3.96. The van der Waals surface area contributed by atoms with Gasteiger partial charge in [-0.05, 0) is 12.1 Å². The Morgan fingerprint density at radius 1 is 1.50 bits per heavy atom. The van der Waals surface area contributed by atoms with E-state index in [1.54, 1.807) is 0 Å². The molecule has 1 aromatic heterocycles. The summed E-state index contributed by atoms with van der Waals surface area (Å²) in [5.74, 6) is 0. The van der Waals surface area contributed by atoms with E-state index in [2.05, 4.69) is 35.2 Å². The van der Waals surface area contributed by atoms with E-state index in [-0.39, 0.29) is 0 Å². The van der Waals surface area contributed by atoms with Crippen LogP contribution < -0.4 is 0 Å². The van der Waals surface area contributed by atoms with Crippen molar-refractivity contribution >= 4 is 6.20 Å². The van der Waals surface area contributed by atoms with E-state index in [1.165, 1.54) is 5.69 Å². The van der Waals surface area contributed by atoms with Crippen molar-refractivity contribution in [2.24, 2.45) is 0 Å². The van der Waals surface area contributed by atoms with Crippen molar-refractivity contribution in [3.05, 3.63) is 30.1 Å². The summed E-state index contributed by atoms with van der Waals surface area (Å²) in [5.41, 5.74) is 1.39. The molecule has 2 heterocycles. The second-order valence-corrected chi connectivity index (χ2v) is 2.00. The maximum Gasteiger partial charge on any atom is 0.0259 e. The maximum atomic E-state index is 2.16. The Morgan fingerprint density at radius 2 is 2.50 bits per heavy atom. The number of aromatic nitrogens is 1. The molecule has 0 fully saturated rings. The lowest BCUT2D eigenvalue weighted by molar-refractivity contribution is 1.09. The second-order valence-electron chi connectivity index (χ2n) is 2.00. The van der Waals surface area contributed by atoms with Crippen LogP contribution in [-0.4, -0.2) is 4.57 Å². The molecule has 0 amide bonds. The van der Waals surface area contributed by atoms with Crippen LogP contribution in [0.5, 0.6) is 0 Å². The maximum absolute atomic E-state index is 2.16. The number of allylic oxidation sites excluding steroid dienone is 1. The van der Waals surface area contributed by atoms with Gasteiger partial charge in [0, 0.05) is 24.5 Å². The molecule has 0 atom stereocenters. The largest absolute Gasteiger partial charge is 0.328 e. The summed E-state index contributed by atoms with van der Waals surface area (Å²) >= 11 is 0. The third-order valence-corrected chi connectivity index (χ3v) is 1.46. The summed E-state index contributed by atoms with van der Waals surface area (Å²) in [4.78, 5) is 0. The van der Waals surface area contributed by atoms with Gasteiger partial charge >= 0.3 is 0 Å². The van der Waals surface area contributed by atoms with Gasteiger partial charge in [-0.1, -0.05) is 6.08 Å². The standard InChI is InChI=1S/C7H7N/c1-3-7-4-2-6-8(7)5-1/h1-3,5-6H,4H2. The van der Waals surface area contributed by atoms with Gasteiger partial charge in [0.1, 0.15) is 0 Å². The lowest BCUT2D eigenvalue weighted by atomic mass is 10.3. The summed E-state index contributed by atoms with van der Waals surface area (Å²) in [6, 6.07) is 4.21. The highest BCUT2D eigenvalue weighted by Crippen LogP contribution is 2.10. The highest BCUT2D eigenvalue weighted by atomic mass is 15.0. The van der Waals surface area contributed by atoms with Crippen molar-refractivity contribution in [3.63, 3.8) is 0 Å². The second kappa shape index (κ2) is 1.25. The fourth-order valence-corrected chi connectivity index (χ4v) is 1.03. The van der Waals surface area contributed by atoms with Crippen LogP contribution in [0.15, 0.2) is 24.4 Å². The molecule has 1 nitrogen and oxygen atoms in total. The number of hydrogen-bond donors (Lipinski definition) is 0. The Balaban J connectivity index is 2.67. The van der Waals surface area contributed by atoms with E-state index < -0.39 is 0 Å². The normalized spacial score (nSPS) is 14.5. The van der Waals surface area contributed by atoms with Crippen LogP contribution in [0.1, 0.15) is 5.69 Å². The Kier molecular flexibility index (Phi) is 0.618. The zero-order chi connectivity index (χ0) is 5.40. The highest BCUT2D eigenvalue weighted by Gasteiger charge is 1.99. The van der Waals surface area contributed by atoms with Gasteiger partial charge in [0.05, 0.1) is 0 Å².